The van der Waals surface area contributed by atoms with E-state index in [1.807, 2.05) is 55.5 Å². The molecule has 1 amide bonds. The molecule has 0 radical (unpaired) electrons. The van der Waals surface area contributed by atoms with Crippen LogP contribution in [0.3, 0.4) is 0 Å². The average Bonchev–Trinajstić information content (AvgIpc) is 3.06. The van der Waals surface area contributed by atoms with Crippen LogP contribution in [0, 0.1) is 6.92 Å². The molecule has 0 bridgehead atoms. The molecule has 3 rings (SSSR count). The number of carbonyl (C=O) groups is 2. The monoisotopic (exact) mass is 367 g/mol. The normalized spacial score (nSPS) is 15.3. The second kappa shape index (κ2) is 8.71. The van der Waals surface area contributed by atoms with Gasteiger partial charge in [-0.05, 0) is 49.1 Å². The molecule has 0 N–H and O–H groups in total. The molecular formula is C22H25NO4. The Labute approximate surface area is 159 Å². The van der Waals surface area contributed by atoms with E-state index in [0.717, 1.165) is 29.0 Å². The SMILES string of the molecule is COC(=O)C1Cc2ccccc2N1C(=O)CCCCOc1cccc(C)c1. The number of para-hydroxylation sites is 1. The summed E-state index contributed by atoms with van der Waals surface area (Å²) < 4.78 is 10.6. The number of benzene rings is 2. The van der Waals surface area contributed by atoms with Gasteiger partial charge in [0.2, 0.25) is 5.91 Å². The number of rotatable bonds is 7. The predicted molar refractivity (Wildman–Crippen MR) is 104 cm³/mol. The molecule has 27 heavy (non-hydrogen) atoms. The molecule has 0 aliphatic carbocycles. The van der Waals surface area contributed by atoms with Crippen LogP contribution < -0.4 is 9.64 Å². The Hall–Kier alpha value is -2.82. The quantitative estimate of drug-likeness (QED) is 0.553. The Morgan fingerprint density at radius 2 is 1.93 bits per heavy atom. The van der Waals surface area contributed by atoms with Gasteiger partial charge in [-0.25, -0.2) is 4.79 Å². The van der Waals surface area contributed by atoms with Crippen molar-refractivity contribution in [2.75, 3.05) is 18.6 Å². The van der Waals surface area contributed by atoms with Crippen molar-refractivity contribution in [2.24, 2.45) is 0 Å². The van der Waals surface area contributed by atoms with E-state index in [2.05, 4.69) is 0 Å². The van der Waals surface area contributed by atoms with Crippen LogP contribution in [0.15, 0.2) is 48.5 Å². The maximum Gasteiger partial charge on any atom is 0.329 e. The Morgan fingerprint density at radius 1 is 1.11 bits per heavy atom. The molecule has 0 aromatic heterocycles. The van der Waals surface area contributed by atoms with E-state index < -0.39 is 6.04 Å². The maximum absolute atomic E-state index is 12.8. The van der Waals surface area contributed by atoms with E-state index in [1.165, 1.54) is 7.11 Å². The third kappa shape index (κ3) is 4.48. The highest BCUT2D eigenvalue weighted by Crippen LogP contribution is 2.33. The first-order chi connectivity index (χ1) is 13.1. The molecule has 0 spiro atoms. The van der Waals surface area contributed by atoms with Crippen LogP contribution in [0.5, 0.6) is 5.75 Å². The molecule has 0 saturated heterocycles. The third-order valence-corrected chi connectivity index (χ3v) is 4.76. The van der Waals surface area contributed by atoms with Crippen LogP contribution in [0.2, 0.25) is 0 Å². The van der Waals surface area contributed by atoms with E-state index >= 15 is 0 Å². The number of carbonyl (C=O) groups excluding carboxylic acids is 2. The second-order valence-corrected chi connectivity index (χ2v) is 6.76. The van der Waals surface area contributed by atoms with Gasteiger partial charge in [0.05, 0.1) is 13.7 Å². The van der Waals surface area contributed by atoms with Crippen molar-refractivity contribution in [3.8, 4) is 5.75 Å². The van der Waals surface area contributed by atoms with E-state index in [9.17, 15) is 9.59 Å². The standard InChI is InChI=1S/C22H25NO4/c1-16-8-7-10-18(14-16)27-13-6-5-12-21(24)23-19-11-4-3-9-17(19)15-20(23)22(25)26-2/h3-4,7-11,14,20H,5-6,12-13,15H2,1-2H3. The fourth-order valence-corrected chi connectivity index (χ4v) is 3.41. The van der Waals surface area contributed by atoms with Crippen LogP contribution in [-0.4, -0.2) is 31.6 Å². The van der Waals surface area contributed by atoms with Gasteiger partial charge >= 0.3 is 5.97 Å². The number of aryl methyl sites for hydroxylation is 1. The Kier molecular flexibility index (Phi) is 6.12. The fraction of sp³-hybridized carbons (Fsp3) is 0.364. The zero-order valence-electron chi connectivity index (χ0n) is 15.8. The number of nitrogens with zero attached hydrogens (tertiary/aromatic N) is 1. The summed E-state index contributed by atoms with van der Waals surface area (Å²) in [5.41, 5.74) is 2.97. The first kappa shape index (κ1) is 19.0. The number of fused-ring (bicyclic) bond motifs is 1. The van der Waals surface area contributed by atoms with Crippen LogP contribution in [0.4, 0.5) is 5.69 Å². The largest absolute Gasteiger partial charge is 0.494 e. The topological polar surface area (TPSA) is 55.8 Å². The summed E-state index contributed by atoms with van der Waals surface area (Å²) in [5.74, 6) is 0.425. The molecule has 0 fully saturated rings. The van der Waals surface area contributed by atoms with Crippen molar-refractivity contribution in [2.45, 2.75) is 38.6 Å². The van der Waals surface area contributed by atoms with Crippen LogP contribution in [-0.2, 0) is 20.7 Å². The van der Waals surface area contributed by atoms with Crippen LogP contribution in [0.25, 0.3) is 0 Å². The lowest BCUT2D eigenvalue weighted by atomic mass is 10.1. The lowest BCUT2D eigenvalue weighted by Crippen LogP contribution is -2.43. The summed E-state index contributed by atoms with van der Waals surface area (Å²) in [6.07, 6.45) is 2.36. The molecule has 5 heteroatoms. The zero-order valence-corrected chi connectivity index (χ0v) is 15.8. The van der Waals surface area contributed by atoms with Crippen molar-refractivity contribution in [1.29, 1.82) is 0 Å². The van der Waals surface area contributed by atoms with Gasteiger partial charge in [0, 0.05) is 18.5 Å². The molecule has 1 aliphatic rings. The number of anilines is 1. The van der Waals surface area contributed by atoms with Crippen molar-refractivity contribution in [3.63, 3.8) is 0 Å². The van der Waals surface area contributed by atoms with Crippen molar-refractivity contribution < 1.29 is 19.1 Å². The van der Waals surface area contributed by atoms with Gasteiger partial charge in [0.15, 0.2) is 0 Å². The molecule has 1 unspecified atom stereocenters. The number of unbranched alkanes of at least 4 members (excludes halogenated alkanes) is 1. The summed E-state index contributed by atoms with van der Waals surface area (Å²) in [5, 5.41) is 0. The molecular weight excluding hydrogens is 342 g/mol. The third-order valence-electron chi connectivity index (χ3n) is 4.76. The van der Waals surface area contributed by atoms with Gasteiger partial charge in [-0.2, -0.15) is 0 Å². The van der Waals surface area contributed by atoms with Crippen molar-refractivity contribution >= 4 is 17.6 Å². The Morgan fingerprint density at radius 3 is 2.70 bits per heavy atom. The van der Waals surface area contributed by atoms with E-state index in [-0.39, 0.29) is 11.9 Å². The minimum Gasteiger partial charge on any atom is -0.494 e. The highest BCUT2D eigenvalue weighted by molar-refractivity contribution is 6.02. The highest BCUT2D eigenvalue weighted by Gasteiger charge is 2.38. The molecule has 1 aliphatic heterocycles. The van der Waals surface area contributed by atoms with E-state index in [0.29, 0.717) is 25.9 Å². The summed E-state index contributed by atoms with van der Waals surface area (Å²) in [6, 6.07) is 15.0. The molecule has 2 aromatic carbocycles. The van der Waals surface area contributed by atoms with Crippen molar-refractivity contribution in [1.82, 2.24) is 0 Å². The molecule has 1 heterocycles. The number of ether oxygens (including phenoxy) is 2. The first-order valence-electron chi connectivity index (χ1n) is 9.27. The van der Waals surface area contributed by atoms with Gasteiger partial charge in [-0.15, -0.1) is 0 Å². The maximum atomic E-state index is 12.8. The smallest absolute Gasteiger partial charge is 0.329 e. The predicted octanol–water partition coefficient (Wildman–Crippen LogP) is 3.68. The van der Waals surface area contributed by atoms with E-state index in [1.54, 1.807) is 4.90 Å². The molecule has 5 nitrogen and oxygen atoms in total. The van der Waals surface area contributed by atoms with Gasteiger partial charge in [0.25, 0.3) is 0 Å². The minimum absolute atomic E-state index is 0.0501. The molecule has 0 saturated carbocycles. The molecule has 142 valence electrons. The number of methoxy groups -OCH3 is 1. The summed E-state index contributed by atoms with van der Waals surface area (Å²) in [6.45, 7) is 2.59. The first-order valence-corrected chi connectivity index (χ1v) is 9.27. The number of amides is 1. The second-order valence-electron chi connectivity index (χ2n) is 6.76. The number of esters is 1. The Balaban J connectivity index is 1.53. The van der Waals surface area contributed by atoms with Gasteiger partial charge < -0.3 is 9.47 Å². The van der Waals surface area contributed by atoms with Crippen molar-refractivity contribution in [3.05, 3.63) is 59.7 Å². The number of hydrogen-bond acceptors (Lipinski definition) is 4. The van der Waals surface area contributed by atoms with Gasteiger partial charge in [-0.3, -0.25) is 9.69 Å². The van der Waals surface area contributed by atoms with E-state index in [4.69, 9.17) is 9.47 Å². The van der Waals surface area contributed by atoms with Crippen LogP contribution in [0.1, 0.15) is 30.4 Å². The lowest BCUT2D eigenvalue weighted by molar-refractivity contribution is -0.143. The zero-order chi connectivity index (χ0) is 19.2. The highest BCUT2D eigenvalue weighted by atomic mass is 16.5. The minimum atomic E-state index is -0.566. The van der Waals surface area contributed by atoms with Gasteiger partial charge in [0.1, 0.15) is 11.8 Å². The summed E-state index contributed by atoms with van der Waals surface area (Å²) in [4.78, 5) is 26.5. The average molecular weight is 367 g/mol. The summed E-state index contributed by atoms with van der Waals surface area (Å²) >= 11 is 0. The fourth-order valence-electron chi connectivity index (χ4n) is 3.41. The number of hydrogen-bond donors (Lipinski definition) is 0. The lowest BCUT2D eigenvalue weighted by Gasteiger charge is -2.23. The molecule has 1 atom stereocenters. The molecule has 2 aromatic rings. The van der Waals surface area contributed by atoms with Crippen LogP contribution >= 0.6 is 0 Å². The Bertz CT molecular complexity index is 817. The van der Waals surface area contributed by atoms with Gasteiger partial charge in [-0.1, -0.05) is 30.3 Å². The summed E-state index contributed by atoms with van der Waals surface area (Å²) in [7, 11) is 1.36.